The Hall–Kier alpha value is -0.200. The van der Waals surface area contributed by atoms with Crippen molar-refractivity contribution in [2.24, 2.45) is 0 Å². The van der Waals surface area contributed by atoms with Crippen LogP contribution in [0.3, 0.4) is 0 Å². The van der Waals surface area contributed by atoms with E-state index < -0.39 is 0 Å². The van der Waals surface area contributed by atoms with Crippen LogP contribution in [0.2, 0.25) is 0 Å². The zero-order valence-corrected chi connectivity index (χ0v) is 13.2. The van der Waals surface area contributed by atoms with Crippen LogP contribution in [0.1, 0.15) is 39.5 Å². The number of hydrogen-bond donors (Lipinski definition) is 2. The summed E-state index contributed by atoms with van der Waals surface area (Å²) in [5.41, 5.74) is 0. The Bertz CT molecular complexity index is 181. The molecule has 1 unspecified atom stereocenters. The molecule has 0 aromatic carbocycles. The number of aliphatic hydroxyl groups is 1. The van der Waals surface area contributed by atoms with Gasteiger partial charge in [0, 0.05) is 19.7 Å². The summed E-state index contributed by atoms with van der Waals surface area (Å²) in [7, 11) is 0. The van der Waals surface area contributed by atoms with Gasteiger partial charge in [0.1, 0.15) is 0 Å². The third-order valence-corrected chi connectivity index (χ3v) is 2.81. The fourth-order valence-electron chi connectivity index (χ4n) is 1.64. The molecule has 1 atom stereocenters. The zero-order valence-electron chi connectivity index (χ0n) is 13.2. The summed E-state index contributed by atoms with van der Waals surface area (Å²) in [4.78, 5) is 0. The van der Waals surface area contributed by atoms with Crippen molar-refractivity contribution < 1.29 is 19.3 Å². The third kappa shape index (κ3) is 15.9. The first-order chi connectivity index (χ1) is 9.81. The molecule has 0 aromatic rings. The van der Waals surface area contributed by atoms with Gasteiger partial charge in [0.25, 0.3) is 0 Å². The molecule has 0 aromatic heterocycles. The Morgan fingerprint density at radius 1 is 0.850 bits per heavy atom. The lowest BCUT2D eigenvalue weighted by molar-refractivity contribution is 0.0143. The normalized spacial score (nSPS) is 12.8. The van der Waals surface area contributed by atoms with Gasteiger partial charge in [0.15, 0.2) is 0 Å². The first-order valence-corrected chi connectivity index (χ1v) is 7.93. The van der Waals surface area contributed by atoms with Crippen LogP contribution in [0.4, 0.5) is 0 Å². The van der Waals surface area contributed by atoms with Crippen LogP contribution in [-0.2, 0) is 14.2 Å². The SMILES string of the molecule is CCCCOCCOCCOCCNCC(O)CCC. The predicted octanol–water partition coefficient (Wildman–Crippen LogP) is 1.59. The Balaban J connectivity index is 2.99. The maximum absolute atomic E-state index is 9.49. The number of rotatable bonds is 16. The maximum Gasteiger partial charge on any atom is 0.0701 e. The first-order valence-electron chi connectivity index (χ1n) is 7.93. The van der Waals surface area contributed by atoms with Crippen LogP contribution in [-0.4, -0.2) is 63.9 Å². The van der Waals surface area contributed by atoms with E-state index in [1.54, 1.807) is 0 Å². The highest BCUT2D eigenvalue weighted by molar-refractivity contribution is 4.57. The third-order valence-electron chi connectivity index (χ3n) is 2.81. The highest BCUT2D eigenvalue weighted by Crippen LogP contribution is 1.93. The van der Waals surface area contributed by atoms with Gasteiger partial charge in [-0.05, 0) is 12.8 Å². The summed E-state index contributed by atoms with van der Waals surface area (Å²) in [5.74, 6) is 0. The molecule has 0 aliphatic heterocycles. The smallest absolute Gasteiger partial charge is 0.0701 e. The van der Waals surface area contributed by atoms with Gasteiger partial charge < -0.3 is 24.6 Å². The second kappa shape index (κ2) is 16.9. The lowest BCUT2D eigenvalue weighted by Crippen LogP contribution is -2.29. The molecule has 0 aliphatic carbocycles. The molecule has 0 radical (unpaired) electrons. The van der Waals surface area contributed by atoms with Crippen LogP contribution >= 0.6 is 0 Å². The van der Waals surface area contributed by atoms with Crippen molar-refractivity contribution in [3.63, 3.8) is 0 Å². The Morgan fingerprint density at radius 3 is 2.05 bits per heavy atom. The molecular formula is C15H33NO4. The summed E-state index contributed by atoms with van der Waals surface area (Å²) >= 11 is 0. The minimum Gasteiger partial charge on any atom is -0.392 e. The Labute approximate surface area is 124 Å². The van der Waals surface area contributed by atoms with Gasteiger partial charge in [-0.3, -0.25) is 0 Å². The van der Waals surface area contributed by atoms with Crippen molar-refractivity contribution in [3.05, 3.63) is 0 Å². The van der Waals surface area contributed by atoms with E-state index in [1.165, 1.54) is 0 Å². The summed E-state index contributed by atoms with van der Waals surface area (Å²) < 4.78 is 16.2. The fraction of sp³-hybridized carbons (Fsp3) is 1.00. The predicted molar refractivity (Wildman–Crippen MR) is 81.1 cm³/mol. The van der Waals surface area contributed by atoms with Crippen molar-refractivity contribution in [2.45, 2.75) is 45.6 Å². The van der Waals surface area contributed by atoms with Crippen molar-refractivity contribution >= 4 is 0 Å². The minimum atomic E-state index is -0.240. The quantitative estimate of drug-likeness (QED) is 0.423. The molecule has 0 fully saturated rings. The topological polar surface area (TPSA) is 60.0 Å². The largest absolute Gasteiger partial charge is 0.392 e. The molecule has 0 aliphatic rings. The van der Waals surface area contributed by atoms with Gasteiger partial charge in [-0.15, -0.1) is 0 Å². The lowest BCUT2D eigenvalue weighted by atomic mass is 10.2. The zero-order chi connectivity index (χ0) is 14.9. The van der Waals surface area contributed by atoms with E-state index in [4.69, 9.17) is 14.2 Å². The maximum atomic E-state index is 9.49. The average molecular weight is 291 g/mol. The second-order valence-corrected chi connectivity index (χ2v) is 4.84. The molecule has 20 heavy (non-hydrogen) atoms. The van der Waals surface area contributed by atoms with E-state index in [9.17, 15) is 5.11 Å². The molecular weight excluding hydrogens is 258 g/mol. The van der Waals surface area contributed by atoms with E-state index in [-0.39, 0.29) is 6.10 Å². The summed E-state index contributed by atoms with van der Waals surface area (Å²) in [6.45, 7) is 9.61. The highest BCUT2D eigenvalue weighted by Gasteiger charge is 2.00. The number of ether oxygens (including phenoxy) is 3. The van der Waals surface area contributed by atoms with Crippen LogP contribution in [0.25, 0.3) is 0 Å². The van der Waals surface area contributed by atoms with Crippen molar-refractivity contribution in [1.82, 2.24) is 5.32 Å². The van der Waals surface area contributed by atoms with Crippen molar-refractivity contribution in [2.75, 3.05) is 52.7 Å². The highest BCUT2D eigenvalue weighted by atomic mass is 16.5. The van der Waals surface area contributed by atoms with Crippen molar-refractivity contribution in [1.29, 1.82) is 0 Å². The van der Waals surface area contributed by atoms with Gasteiger partial charge >= 0.3 is 0 Å². The summed E-state index contributed by atoms with van der Waals surface area (Å²) in [6, 6.07) is 0. The number of aliphatic hydroxyl groups excluding tert-OH is 1. The van der Waals surface area contributed by atoms with E-state index in [1.807, 2.05) is 0 Å². The van der Waals surface area contributed by atoms with E-state index in [0.29, 0.717) is 39.6 Å². The molecule has 5 nitrogen and oxygen atoms in total. The molecule has 0 heterocycles. The number of nitrogens with one attached hydrogen (secondary N) is 1. The molecule has 0 saturated carbocycles. The summed E-state index contributed by atoms with van der Waals surface area (Å²) in [6.07, 6.45) is 3.90. The first kappa shape index (κ1) is 19.8. The molecule has 122 valence electrons. The van der Waals surface area contributed by atoms with Gasteiger partial charge in [-0.25, -0.2) is 0 Å². The van der Waals surface area contributed by atoms with E-state index in [0.717, 1.165) is 38.8 Å². The standard InChI is InChI=1S/C15H33NO4/c1-3-5-8-18-10-12-20-13-11-19-9-7-16-14-15(17)6-4-2/h15-17H,3-14H2,1-2H3. The Kier molecular flexibility index (Phi) is 16.7. The number of unbranched alkanes of at least 4 members (excludes halogenated alkanes) is 1. The van der Waals surface area contributed by atoms with Gasteiger partial charge in [-0.1, -0.05) is 26.7 Å². The molecule has 0 rings (SSSR count). The van der Waals surface area contributed by atoms with E-state index in [2.05, 4.69) is 19.2 Å². The average Bonchev–Trinajstić information content (AvgIpc) is 2.44. The number of hydrogen-bond acceptors (Lipinski definition) is 5. The molecule has 0 bridgehead atoms. The van der Waals surface area contributed by atoms with Crippen molar-refractivity contribution in [3.8, 4) is 0 Å². The fourth-order valence-corrected chi connectivity index (χ4v) is 1.64. The van der Waals surface area contributed by atoms with Crippen LogP contribution < -0.4 is 5.32 Å². The molecule has 0 amide bonds. The lowest BCUT2D eigenvalue weighted by Gasteiger charge is -2.11. The van der Waals surface area contributed by atoms with Crippen LogP contribution in [0, 0.1) is 0 Å². The van der Waals surface area contributed by atoms with Crippen LogP contribution in [0.15, 0.2) is 0 Å². The molecule has 0 spiro atoms. The second-order valence-electron chi connectivity index (χ2n) is 4.84. The van der Waals surface area contributed by atoms with Gasteiger partial charge in [-0.2, -0.15) is 0 Å². The van der Waals surface area contributed by atoms with Gasteiger partial charge in [0.2, 0.25) is 0 Å². The van der Waals surface area contributed by atoms with E-state index >= 15 is 0 Å². The van der Waals surface area contributed by atoms with Gasteiger partial charge in [0.05, 0.1) is 39.1 Å². The molecule has 2 N–H and O–H groups in total. The molecule has 0 saturated heterocycles. The summed E-state index contributed by atoms with van der Waals surface area (Å²) in [5, 5.41) is 12.7. The molecule has 5 heteroatoms. The Morgan fingerprint density at radius 2 is 1.45 bits per heavy atom. The minimum absolute atomic E-state index is 0.240. The van der Waals surface area contributed by atoms with Crippen LogP contribution in [0.5, 0.6) is 0 Å². The monoisotopic (exact) mass is 291 g/mol.